The number of anilines is 1. The predicted octanol–water partition coefficient (Wildman–Crippen LogP) is 4.72. The number of hydrogen-bond acceptors (Lipinski definition) is 3. The number of urea groups is 1. The maximum atomic E-state index is 13.2. The Kier molecular flexibility index (Phi) is 7.90. The van der Waals surface area contributed by atoms with Gasteiger partial charge in [-0.05, 0) is 78.9 Å². The van der Waals surface area contributed by atoms with Gasteiger partial charge in [-0.3, -0.25) is 4.79 Å². The Morgan fingerprint density at radius 2 is 2.00 bits per heavy atom. The summed E-state index contributed by atoms with van der Waals surface area (Å²) < 4.78 is 19.5. The van der Waals surface area contributed by atoms with Crippen LogP contribution in [0.4, 0.5) is 14.9 Å². The molecule has 1 saturated heterocycles. The molecule has 1 aliphatic rings. The van der Waals surface area contributed by atoms with E-state index in [4.69, 9.17) is 4.74 Å². The average Bonchev–Trinajstić information content (AvgIpc) is 2.75. The lowest BCUT2D eigenvalue weighted by molar-refractivity contribution is -0.139. The van der Waals surface area contributed by atoms with E-state index in [1.807, 2.05) is 31.2 Å². The van der Waals surface area contributed by atoms with Gasteiger partial charge < -0.3 is 20.3 Å². The van der Waals surface area contributed by atoms with Gasteiger partial charge in [0.1, 0.15) is 11.6 Å². The van der Waals surface area contributed by atoms with Crippen LogP contribution in [0.1, 0.15) is 25.3 Å². The highest BCUT2D eigenvalue weighted by molar-refractivity contribution is 9.10. The van der Waals surface area contributed by atoms with Gasteiger partial charge in [-0.2, -0.15) is 0 Å². The smallest absolute Gasteiger partial charge is 0.319 e. The minimum Gasteiger partial charge on any atom is -0.480 e. The third-order valence-corrected chi connectivity index (χ3v) is 5.86. The van der Waals surface area contributed by atoms with Crippen LogP contribution in [0.2, 0.25) is 0 Å². The van der Waals surface area contributed by atoms with Crippen LogP contribution in [-0.4, -0.2) is 42.6 Å². The van der Waals surface area contributed by atoms with Crippen LogP contribution in [-0.2, 0) is 4.79 Å². The van der Waals surface area contributed by atoms with E-state index in [0.29, 0.717) is 29.9 Å². The molecular weight excluding hydrogens is 465 g/mol. The number of ether oxygens (including phenoxy) is 1. The molecule has 0 bridgehead atoms. The largest absolute Gasteiger partial charge is 0.480 e. The second kappa shape index (κ2) is 10.6. The van der Waals surface area contributed by atoms with E-state index in [9.17, 15) is 14.0 Å². The first kappa shape index (κ1) is 23.1. The summed E-state index contributed by atoms with van der Waals surface area (Å²) in [6, 6.07) is 11.4. The summed E-state index contributed by atoms with van der Waals surface area (Å²) in [5.41, 5.74) is 1.87. The van der Waals surface area contributed by atoms with Crippen molar-refractivity contribution in [1.29, 1.82) is 0 Å². The second-order valence-corrected chi connectivity index (χ2v) is 8.68. The number of nitrogens with zero attached hydrogens (tertiary/aromatic N) is 1. The maximum absolute atomic E-state index is 13.2. The molecule has 3 rings (SSSR count). The van der Waals surface area contributed by atoms with Gasteiger partial charge in [-0.15, -0.1) is 0 Å². The van der Waals surface area contributed by atoms with Crippen LogP contribution in [0.5, 0.6) is 5.75 Å². The molecule has 0 saturated carbocycles. The molecule has 3 amide bonds. The molecule has 2 aromatic carbocycles. The van der Waals surface area contributed by atoms with E-state index in [-0.39, 0.29) is 23.7 Å². The Bertz CT molecular complexity index is 923. The Morgan fingerprint density at radius 1 is 1.26 bits per heavy atom. The molecule has 1 aliphatic heterocycles. The van der Waals surface area contributed by atoms with Crippen molar-refractivity contribution in [3.05, 3.63) is 58.3 Å². The van der Waals surface area contributed by atoms with Gasteiger partial charge in [0.25, 0.3) is 5.91 Å². The van der Waals surface area contributed by atoms with E-state index in [1.165, 1.54) is 18.2 Å². The van der Waals surface area contributed by atoms with Crippen LogP contribution >= 0.6 is 15.9 Å². The van der Waals surface area contributed by atoms with Crippen LogP contribution in [0.3, 0.4) is 0 Å². The van der Waals surface area contributed by atoms with Gasteiger partial charge in [-0.1, -0.05) is 17.7 Å². The Morgan fingerprint density at radius 3 is 2.71 bits per heavy atom. The molecule has 1 fully saturated rings. The molecule has 8 heteroatoms. The third-order valence-electron chi connectivity index (χ3n) is 5.24. The number of hydrogen-bond donors (Lipinski definition) is 2. The van der Waals surface area contributed by atoms with Gasteiger partial charge in [0.15, 0.2) is 6.10 Å². The van der Waals surface area contributed by atoms with Crippen LogP contribution in [0, 0.1) is 18.7 Å². The summed E-state index contributed by atoms with van der Waals surface area (Å²) >= 11 is 3.26. The molecule has 0 spiro atoms. The maximum Gasteiger partial charge on any atom is 0.319 e. The zero-order chi connectivity index (χ0) is 22.4. The highest BCUT2D eigenvalue weighted by Gasteiger charge is 2.28. The van der Waals surface area contributed by atoms with E-state index in [1.54, 1.807) is 11.8 Å². The summed E-state index contributed by atoms with van der Waals surface area (Å²) in [7, 11) is 0. The van der Waals surface area contributed by atoms with Crippen molar-refractivity contribution in [2.24, 2.45) is 5.92 Å². The van der Waals surface area contributed by atoms with Crippen LogP contribution in [0.25, 0.3) is 0 Å². The summed E-state index contributed by atoms with van der Waals surface area (Å²) in [6.45, 7) is 5.38. The SMILES string of the molecule is Cc1ccc(NC(=O)NC[C@@H]2CCCN(C(=O)[C@@H](C)Oc3ccc(F)cc3Br)C2)cc1. The number of piperidine rings is 1. The topological polar surface area (TPSA) is 70.7 Å². The fraction of sp³-hybridized carbons (Fsp3) is 0.391. The zero-order valence-corrected chi connectivity index (χ0v) is 19.2. The molecule has 0 radical (unpaired) electrons. The zero-order valence-electron chi connectivity index (χ0n) is 17.7. The number of nitrogens with one attached hydrogen (secondary N) is 2. The number of carbonyl (C=O) groups is 2. The number of likely N-dealkylation sites (tertiary alicyclic amines) is 1. The highest BCUT2D eigenvalue weighted by atomic mass is 79.9. The second-order valence-electron chi connectivity index (χ2n) is 7.83. The van der Waals surface area contributed by atoms with Crippen LogP contribution in [0.15, 0.2) is 46.9 Å². The monoisotopic (exact) mass is 491 g/mol. The normalized spacial score (nSPS) is 17.0. The van der Waals surface area contributed by atoms with Gasteiger partial charge in [0.2, 0.25) is 0 Å². The molecule has 2 atom stereocenters. The molecule has 6 nitrogen and oxygen atoms in total. The molecule has 2 N–H and O–H groups in total. The van der Waals surface area contributed by atoms with Crippen molar-refractivity contribution in [2.45, 2.75) is 32.8 Å². The molecular formula is C23H27BrFN3O3. The Balaban J connectivity index is 1.48. The van der Waals surface area contributed by atoms with E-state index in [2.05, 4.69) is 26.6 Å². The first-order valence-electron chi connectivity index (χ1n) is 10.3. The van der Waals surface area contributed by atoms with E-state index < -0.39 is 6.10 Å². The first-order chi connectivity index (χ1) is 14.8. The van der Waals surface area contributed by atoms with Gasteiger partial charge in [0.05, 0.1) is 4.47 Å². The summed E-state index contributed by atoms with van der Waals surface area (Å²) in [5.74, 6) is 0.0949. The minimum absolute atomic E-state index is 0.120. The number of halogens is 2. The van der Waals surface area contributed by atoms with E-state index in [0.717, 1.165) is 24.1 Å². The van der Waals surface area contributed by atoms with Crippen molar-refractivity contribution in [2.75, 3.05) is 25.0 Å². The molecule has 2 aromatic rings. The molecule has 166 valence electrons. The lowest BCUT2D eigenvalue weighted by atomic mass is 9.97. The van der Waals surface area contributed by atoms with E-state index >= 15 is 0 Å². The minimum atomic E-state index is -0.696. The highest BCUT2D eigenvalue weighted by Crippen LogP contribution is 2.27. The molecule has 1 heterocycles. The third kappa shape index (κ3) is 6.69. The number of rotatable bonds is 6. The molecule has 31 heavy (non-hydrogen) atoms. The van der Waals surface area contributed by atoms with Crippen molar-refractivity contribution < 1.29 is 18.7 Å². The van der Waals surface area contributed by atoms with Crippen molar-refractivity contribution in [3.63, 3.8) is 0 Å². The summed E-state index contributed by atoms with van der Waals surface area (Å²) in [5, 5.41) is 5.71. The summed E-state index contributed by atoms with van der Waals surface area (Å²) in [6.07, 6.45) is 1.11. The number of aryl methyl sites for hydroxylation is 1. The number of benzene rings is 2. The van der Waals surface area contributed by atoms with Crippen molar-refractivity contribution in [3.8, 4) is 5.75 Å². The van der Waals surface area contributed by atoms with Crippen molar-refractivity contribution in [1.82, 2.24) is 10.2 Å². The summed E-state index contributed by atoms with van der Waals surface area (Å²) in [4.78, 5) is 26.8. The quantitative estimate of drug-likeness (QED) is 0.613. The van der Waals surface area contributed by atoms with Gasteiger partial charge in [-0.25, -0.2) is 9.18 Å². The molecule has 0 unspecified atom stereocenters. The Labute approximate surface area is 190 Å². The average molecular weight is 492 g/mol. The molecule has 0 aliphatic carbocycles. The Hall–Kier alpha value is -2.61. The fourth-order valence-corrected chi connectivity index (χ4v) is 3.99. The predicted molar refractivity (Wildman–Crippen MR) is 122 cm³/mol. The van der Waals surface area contributed by atoms with Gasteiger partial charge in [0, 0.05) is 25.3 Å². The standard InChI is InChI=1S/C23H27BrFN3O3/c1-15-5-8-19(9-6-15)27-23(30)26-13-17-4-3-11-28(14-17)22(29)16(2)31-21-10-7-18(25)12-20(21)24/h5-10,12,16-17H,3-4,11,13-14H2,1-2H3,(H2,26,27,30)/t16-,17+/m1/s1. The van der Waals surface area contributed by atoms with Crippen LogP contribution < -0.4 is 15.4 Å². The number of amides is 3. The van der Waals surface area contributed by atoms with Gasteiger partial charge >= 0.3 is 6.03 Å². The first-order valence-corrected chi connectivity index (χ1v) is 11.1. The fourth-order valence-electron chi connectivity index (χ4n) is 3.55. The lowest BCUT2D eigenvalue weighted by Gasteiger charge is -2.34. The lowest BCUT2D eigenvalue weighted by Crippen LogP contribution is -2.48. The van der Waals surface area contributed by atoms with Crippen molar-refractivity contribution >= 4 is 33.6 Å². The molecule has 0 aromatic heterocycles. The number of carbonyl (C=O) groups excluding carboxylic acids is 2.